The van der Waals surface area contributed by atoms with Crippen LogP contribution in [-0.2, 0) is 0 Å². The van der Waals surface area contributed by atoms with Crippen LogP contribution < -0.4 is 0 Å². The monoisotopic (exact) mass is 407 g/mol. The van der Waals surface area contributed by atoms with Crippen LogP contribution in [0.5, 0.6) is 0 Å². The molecule has 0 aromatic rings. The van der Waals surface area contributed by atoms with Crippen molar-refractivity contribution < 1.29 is 9.59 Å². The number of aliphatic hydroxyl groups is 1. The highest BCUT2D eigenvalue weighted by Gasteiger charge is 2.34. The second-order valence-electron chi connectivity index (χ2n) is 8.99. The number of rotatable bonds is 20. The molecule has 170 valence electrons. The minimum Gasteiger partial charge on any atom is -0.390 e. The number of nitrogens with zero attached hydrogens (tertiary/aromatic N) is 2. The van der Waals surface area contributed by atoms with Crippen molar-refractivity contribution in [3.05, 3.63) is 12.2 Å². The van der Waals surface area contributed by atoms with Crippen LogP contribution in [0, 0.1) is 0 Å². The van der Waals surface area contributed by atoms with Gasteiger partial charge in [0, 0.05) is 0 Å². The molecule has 1 N–H and O–H groups in total. The average molecular weight is 408 g/mol. The van der Waals surface area contributed by atoms with E-state index >= 15 is 0 Å². The number of aliphatic hydroxyl groups excluding tert-OH is 1. The van der Waals surface area contributed by atoms with Gasteiger partial charge in [-0.1, -0.05) is 103 Å². The lowest BCUT2D eigenvalue weighted by Crippen LogP contribution is -2.52. The summed E-state index contributed by atoms with van der Waals surface area (Å²) in [6.45, 7) is 8.63. The summed E-state index contributed by atoms with van der Waals surface area (Å²) in [4.78, 5) is 4.72. The molecule has 0 amide bonds. The van der Waals surface area contributed by atoms with E-state index in [0.717, 1.165) is 37.1 Å². The van der Waals surface area contributed by atoms with E-state index in [9.17, 15) is 5.11 Å². The fraction of sp³-hybridized carbons (Fsp3) is 0.885. The highest BCUT2D eigenvalue weighted by molar-refractivity contribution is 5.78. The minimum absolute atomic E-state index is 0.260. The average Bonchev–Trinajstić information content (AvgIpc) is 3.13. The summed E-state index contributed by atoms with van der Waals surface area (Å²) in [6, 6.07) is 0. The van der Waals surface area contributed by atoms with Crippen LogP contribution in [0.15, 0.2) is 17.1 Å². The molecule has 3 nitrogen and oxygen atoms in total. The van der Waals surface area contributed by atoms with Crippen molar-refractivity contribution in [1.82, 2.24) is 0 Å². The Bertz CT molecular complexity index is 432. The summed E-state index contributed by atoms with van der Waals surface area (Å²) in [5.74, 6) is 1.28. The van der Waals surface area contributed by atoms with Crippen molar-refractivity contribution in [2.45, 2.75) is 117 Å². The summed E-state index contributed by atoms with van der Waals surface area (Å²) in [5.41, 5.74) is 0. The van der Waals surface area contributed by atoms with Crippen molar-refractivity contribution in [3.63, 3.8) is 0 Å². The van der Waals surface area contributed by atoms with Gasteiger partial charge in [0.2, 0.25) is 5.84 Å². The Morgan fingerprint density at radius 3 is 1.86 bits per heavy atom. The highest BCUT2D eigenvalue weighted by Crippen LogP contribution is 2.18. The molecule has 1 unspecified atom stereocenters. The first kappa shape index (κ1) is 26.4. The van der Waals surface area contributed by atoms with E-state index < -0.39 is 0 Å². The Morgan fingerprint density at radius 1 is 0.793 bits per heavy atom. The minimum atomic E-state index is 0.260. The summed E-state index contributed by atoms with van der Waals surface area (Å²) in [7, 11) is 0. The molecule has 1 aliphatic heterocycles. The van der Waals surface area contributed by atoms with E-state index in [-0.39, 0.29) is 6.61 Å². The molecule has 1 atom stereocenters. The summed E-state index contributed by atoms with van der Waals surface area (Å²) < 4.78 is 0.902. The number of amidine groups is 1. The lowest BCUT2D eigenvalue weighted by atomic mass is 10.0. The number of hydrogen-bond donors (Lipinski definition) is 1. The third-order valence-electron chi connectivity index (χ3n) is 6.69. The zero-order chi connectivity index (χ0) is 21.0. The number of likely N-dealkylation sites (N-methyl/N-ethyl adjacent to an activating group) is 1. The first-order valence-corrected chi connectivity index (χ1v) is 12.9. The zero-order valence-electron chi connectivity index (χ0n) is 19.8. The molecule has 0 aromatic heterocycles. The van der Waals surface area contributed by atoms with Crippen LogP contribution in [0.25, 0.3) is 0 Å². The normalized spacial score (nSPS) is 19.3. The Kier molecular flexibility index (Phi) is 16.5. The molecule has 1 rings (SSSR count). The van der Waals surface area contributed by atoms with E-state index in [1.807, 2.05) is 0 Å². The van der Waals surface area contributed by atoms with Crippen LogP contribution >= 0.6 is 0 Å². The smallest absolute Gasteiger partial charge is 0.202 e. The predicted octanol–water partition coefficient (Wildman–Crippen LogP) is 7.05. The molecule has 0 bridgehead atoms. The van der Waals surface area contributed by atoms with Crippen molar-refractivity contribution in [2.24, 2.45) is 4.99 Å². The van der Waals surface area contributed by atoms with Gasteiger partial charge >= 0.3 is 0 Å². The zero-order valence-corrected chi connectivity index (χ0v) is 19.8. The van der Waals surface area contributed by atoms with Gasteiger partial charge in [0.15, 0.2) is 0 Å². The Morgan fingerprint density at radius 2 is 1.34 bits per heavy atom. The van der Waals surface area contributed by atoms with Crippen molar-refractivity contribution in [3.8, 4) is 0 Å². The van der Waals surface area contributed by atoms with Crippen LogP contribution in [0.2, 0.25) is 0 Å². The fourth-order valence-electron chi connectivity index (χ4n) is 4.60. The molecule has 1 aliphatic rings. The van der Waals surface area contributed by atoms with Crippen molar-refractivity contribution in [2.75, 3.05) is 32.8 Å². The summed E-state index contributed by atoms with van der Waals surface area (Å²) >= 11 is 0. The third kappa shape index (κ3) is 11.9. The largest absolute Gasteiger partial charge is 0.390 e. The van der Waals surface area contributed by atoms with Gasteiger partial charge in [0.1, 0.15) is 13.1 Å². The molecule has 0 fully saturated rings. The molecule has 0 saturated carbocycles. The van der Waals surface area contributed by atoms with Gasteiger partial charge < -0.3 is 5.11 Å². The molecule has 29 heavy (non-hydrogen) atoms. The van der Waals surface area contributed by atoms with E-state index in [4.69, 9.17) is 4.99 Å². The Balaban J connectivity index is 1.90. The number of allylic oxidation sites excluding steroid dienone is 1. The van der Waals surface area contributed by atoms with E-state index in [0.29, 0.717) is 0 Å². The maximum atomic E-state index is 9.37. The quantitative estimate of drug-likeness (QED) is 0.131. The number of hydrogen-bond acceptors (Lipinski definition) is 2. The van der Waals surface area contributed by atoms with Crippen LogP contribution in [-0.4, -0.2) is 48.2 Å². The molecular formula is C26H51N2O+. The maximum absolute atomic E-state index is 9.37. The van der Waals surface area contributed by atoms with Crippen LogP contribution in [0.3, 0.4) is 0 Å². The molecule has 3 heteroatoms. The SMILES string of the molecule is CCCCCCCCCCCCCCCC/C=C/CC1=NCC[N+]1(CC)CCO. The molecule has 1 heterocycles. The lowest BCUT2D eigenvalue weighted by Gasteiger charge is -2.32. The van der Waals surface area contributed by atoms with Gasteiger partial charge in [-0.2, -0.15) is 0 Å². The summed E-state index contributed by atoms with van der Waals surface area (Å²) in [6.07, 6.45) is 26.8. The molecular weight excluding hydrogens is 356 g/mol. The second-order valence-corrected chi connectivity index (χ2v) is 8.99. The number of unbranched alkanes of at least 4 members (excludes halogenated alkanes) is 14. The van der Waals surface area contributed by atoms with Crippen LogP contribution in [0.4, 0.5) is 0 Å². The molecule has 0 aromatic carbocycles. The molecule has 0 spiro atoms. The van der Waals surface area contributed by atoms with Crippen LogP contribution in [0.1, 0.15) is 117 Å². The predicted molar refractivity (Wildman–Crippen MR) is 129 cm³/mol. The van der Waals surface area contributed by atoms with Gasteiger partial charge in [0.05, 0.1) is 26.1 Å². The Hall–Kier alpha value is -0.670. The molecule has 0 aliphatic carbocycles. The lowest BCUT2D eigenvalue weighted by molar-refractivity contribution is -0.834. The van der Waals surface area contributed by atoms with Gasteiger partial charge in [-0.3, -0.25) is 4.48 Å². The molecule has 0 radical (unpaired) electrons. The van der Waals surface area contributed by atoms with E-state index in [1.54, 1.807) is 0 Å². The first-order chi connectivity index (χ1) is 14.3. The van der Waals surface area contributed by atoms with Gasteiger partial charge in [-0.15, -0.1) is 0 Å². The maximum Gasteiger partial charge on any atom is 0.202 e. The van der Waals surface area contributed by atoms with Crippen molar-refractivity contribution in [1.29, 1.82) is 0 Å². The topological polar surface area (TPSA) is 32.6 Å². The van der Waals surface area contributed by atoms with Crippen molar-refractivity contribution >= 4 is 5.84 Å². The van der Waals surface area contributed by atoms with E-state index in [1.165, 1.54) is 102 Å². The standard InChI is InChI=1S/C26H51N2O/c1-3-5-6-7-8-9-10-11-12-13-14-15-16-17-18-19-20-21-26-27-22-23-28(26,4-2)24-25-29/h19-20,29H,3-18,21-25H2,1-2H3/q+1/b20-19+. The van der Waals surface area contributed by atoms with Gasteiger partial charge in [-0.05, 0) is 19.8 Å². The Labute approximate surface area is 182 Å². The first-order valence-electron chi connectivity index (χ1n) is 12.9. The van der Waals surface area contributed by atoms with Gasteiger partial charge in [0.25, 0.3) is 0 Å². The number of quaternary nitrogens is 1. The van der Waals surface area contributed by atoms with E-state index in [2.05, 4.69) is 26.0 Å². The molecule has 0 saturated heterocycles. The number of aliphatic imine (C=N–C) groups is 1. The third-order valence-corrected chi connectivity index (χ3v) is 6.69. The van der Waals surface area contributed by atoms with Gasteiger partial charge in [-0.25, -0.2) is 4.99 Å². The summed E-state index contributed by atoms with van der Waals surface area (Å²) in [5, 5.41) is 9.37. The highest BCUT2D eigenvalue weighted by atomic mass is 16.3. The fourth-order valence-corrected chi connectivity index (χ4v) is 4.60. The second kappa shape index (κ2) is 18.1.